The zero-order valence-electron chi connectivity index (χ0n) is 10.9. The van der Waals surface area contributed by atoms with E-state index in [4.69, 9.17) is 10.5 Å². The molecule has 0 aliphatic heterocycles. The molecule has 2 rings (SSSR count). The summed E-state index contributed by atoms with van der Waals surface area (Å²) in [6.07, 6.45) is 2.33. The van der Waals surface area contributed by atoms with Gasteiger partial charge in [0.25, 0.3) is 0 Å². The van der Waals surface area contributed by atoms with Gasteiger partial charge in [-0.25, -0.2) is 0 Å². The first-order chi connectivity index (χ1) is 8.10. The molecule has 0 unspecified atom stereocenters. The summed E-state index contributed by atoms with van der Waals surface area (Å²) in [7, 11) is 3.85. The van der Waals surface area contributed by atoms with E-state index in [2.05, 4.69) is 31.0 Å². The maximum absolute atomic E-state index is 5.81. The van der Waals surface area contributed by atoms with Crippen molar-refractivity contribution in [3.63, 3.8) is 0 Å². The summed E-state index contributed by atoms with van der Waals surface area (Å²) in [5.41, 5.74) is 8.25. The summed E-state index contributed by atoms with van der Waals surface area (Å²) in [4.78, 5) is 2.31. The van der Waals surface area contributed by atoms with Gasteiger partial charge < -0.3 is 15.4 Å². The van der Waals surface area contributed by atoms with Gasteiger partial charge in [0.2, 0.25) is 0 Å². The predicted molar refractivity (Wildman–Crippen MR) is 71.7 cm³/mol. The fourth-order valence-electron chi connectivity index (χ4n) is 2.53. The van der Waals surface area contributed by atoms with Crippen LogP contribution in [0, 0.1) is 12.8 Å². The van der Waals surface area contributed by atoms with Gasteiger partial charge in [0.05, 0.1) is 7.11 Å². The zero-order valence-corrected chi connectivity index (χ0v) is 10.9. The summed E-state index contributed by atoms with van der Waals surface area (Å²) in [5, 5.41) is 0. The van der Waals surface area contributed by atoms with E-state index in [1.807, 2.05) is 6.07 Å². The predicted octanol–water partition coefficient (Wildman–Crippen LogP) is 2.18. The number of benzene rings is 1. The molecule has 3 heteroatoms. The molecule has 1 aromatic carbocycles. The molecule has 0 spiro atoms. The van der Waals surface area contributed by atoms with Gasteiger partial charge in [-0.3, -0.25) is 0 Å². The van der Waals surface area contributed by atoms with E-state index in [1.54, 1.807) is 7.11 Å². The standard InChI is InChI=1S/C14H22N2O/c1-10-6-13(4-5-14(10)17-3)16(2)9-11-7-12(15)8-11/h4-6,11-12H,7-9,15H2,1-3H3. The maximum Gasteiger partial charge on any atom is 0.121 e. The molecule has 1 aliphatic carbocycles. The first-order valence-electron chi connectivity index (χ1n) is 6.21. The van der Waals surface area contributed by atoms with Crippen LogP contribution in [0.5, 0.6) is 5.75 Å². The Hall–Kier alpha value is -1.22. The summed E-state index contributed by atoms with van der Waals surface area (Å²) >= 11 is 0. The van der Waals surface area contributed by atoms with Gasteiger partial charge in [-0.2, -0.15) is 0 Å². The van der Waals surface area contributed by atoms with Crippen LogP contribution in [0.3, 0.4) is 0 Å². The number of hydrogen-bond donors (Lipinski definition) is 1. The molecule has 1 fully saturated rings. The highest BCUT2D eigenvalue weighted by Crippen LogP contribution is 2.29. The Balaban J connectivity index is 1.99. The van der Waals surface area contributed by atoms with Crippen molar-refractivity contribution in [1.29, 1.82) is 0 Å². The summed E-state index contributed by atoms with van der Waals surface area (Å²) in [6.45, 7) is 3.18. The first-order valence-corrected chi connectivity index (χ1v) is 6.21. The summed E-state index contributed by atoms with van der Waals surface area (Å²) in [6, 6.07) is 6.77. The van der Waals surface area contributed by atoms with Crippen molar-refractivity contribution in [2.75, 3.05) is 25.6 Å². The van der Waals surface area contributed by atoms with E-state index in [0.717, 1.165) is 18.2 Å². The Kier molecular flexibility index (Phi) is 3.57. The molecule has 1 saturated carbocycles. The molecular formula is C14H22N2O. The molecular weight excluding hydrogens is 212 g/mol. The van der Waals surface area contributed by atoms with Gasteiger partial charge in [0.15, 0.2) is 0 Å². The minimum Gasteiger partial charge on any atom is -0.496 e. The van der Waals surface area contributed by atoms with Crippen LogP contribution in [-0.4, -0.2) is 26.7 Å². The highest BCUT2D eigenvalue weighted by Gasteiger charge is 2.26. The Morgan fingerprint density at radius 3 is 2.65 bits per heavy atom. The van der Waals surface area contributed by atoms with Crippen molar-refractivity contribution < 1.29 is 4.74 Å². The number of hydrogen-bond acceptors (Lipinski definition) is 3. The molecule has 17 heavy (non-hydrogen) atoms. The molecule has 2 N–H and O–H groups in total. The third kappa shape index (κ3) is 2.72. The molecule has 0 aromatic heterocycles. The van der Waals surface area contributed by atoms with Crippen LogP contribution in [0.1, 0.15) is 18.4 Å². The van der Waals surface area contributed by atoms with Crippen molar-refractivity contribution >= 4 is 5.69 Å². The molecule has 0 heterocycles. The second kappa shape index (κ2) is 4.96. The minimum absolute atomic E-state index is 0.436. The van der Waals surface area contributed by atoms with E-state index in [0.29, 0.717) is 6.04 Å². The van der Waals surface area contributed by atoms with Gasteiger partial charge in [-0.05, 0) is 49.4 Å². The van der Waals surface area contributed by atoms with Crippen LogP contribution in [0.15, 0.2) is 18.2 Å². The Bertz CT molecular complexity index is 386. The number of rotatable bonds is 4. The minimum atomic E-state index is 0.436. The molecule has 1 aliphatic rings. The lowest BCUT2D eigenvalue weighted by atomic mass is 9.80. The molecule has 1 aromatic rings. The highest BCUT2D eigenvalue weighted by molar-refractivity contribution is 5.52. The zero-order chi connectivity index (χ0) is 12.4. The van der Waals surface area contributed by atoms with Gasteiger partial charge >= 0.3 is 0 Å². The second-order valence-electron chi connectivity index (χ2n) is 5.13. The van der Waals surface area contributed by atoms with Crippen LogP contribution in [0.4, 0.5) is 5.69 Å². The Morgan fingerprint density at radius 1 is 1.41 bits per heavy atom. The largest absolute Gasteiger partial charge is 0.496 e. The normalized spacial score (nSPS) is 23.1. The van der Waals surface area contributed by atoms with E-state index >= 15 is 0 Å². The van der Waals surface area contributed by atoms with Gasteiger partial charge in [0, 0.05) is 25.3 Å². The number of aryl methyl sites for hydroxylation is 1. The third-order valence-corrected chi connectivity index (χ3v) is 3.62. The average molecular weight is 234 g/mol. The van der Waals surface area contributed by atoms with Crippen LogP contribution in [-0.2, 0) is 0 Å². The van der Waals surface area contributed by atoms with E-state index in [-0.39, 0.29) is 0 Å². The summed E-state index contributed by atoms with van der Waals surface area (Å²) in [5.74, 6) is 1.71. The first kappa shape index (κ1) is 12.2. The number of nitrogens with two attached hydrogens (primary N) is 1. The second-order valence-corrected chi connectivity index (χ2v) is 5.13. The molecule has 0 atom stereocenters. The van der Waals surface area contributed by atoms with Crippen molar-refractivity contribution in [3.8, 4) is 5.75 Å². The molecule has 0 radical (unpaired) electrons. The number of nitrogens with zero attached hydrogens (tertiary/aromatic N) is 1. The topological polar surface area (TPSA) is 38.5 Å². The summed E-state index contributed by atoms with van der Waals surface area (Å²) < 4.78 is 5.27. The van der Waals surface area contributed by atoms with Gasteiger partial charge in [-0.15, -0.1) is 0 Å². The quantitative estimate of drug-likeness (QED) is 0.867. The number of ether oxygens (including phenoxy) is 1. The van der Waals surface area contributed by atoms with Crippen molar-refractivity contribution in [2.24, 2.45) is 11.7 Å². The Labute approximate surface area is 104 Å². The lowest BCUT2D eigenvalue weighted by molar-refractivity contribution is 0.271. The van der Waals surface area contributed by atoms with Crippen LogP contribution >= 0.6 is 0 Å². The maximum atomic E-state index is 5.81. The van der Waals surface area contributed by atoms with Crippen molar-refractivity contribution in [3.05, 3.63) is 23.8 Å². The molecule has 94 valence electrons. The van der Waals surface area contributed by atoms with Gasteiger partial charge in [-0.1, -0.05) is 0 Å². The average Bonchev–Trinajstić information content (AvgIpc) is 2.26. The van der Waals surface area contributed by atoms with E-state index in [9.17, 15) is 0 Å². The van der Waals surface area contributed by atoms with E-state index in [1.165, 1.54) is 24.1 Å². The third-order valence-electron chi connectivity index (χ3n) is 3.62. The van der Waals surface area contributed by atoms with Gasteiger partial charge in [0.1, 0.15) is 5.75 Å². The van der Waals surface area contributed by atoms with Crippen LogP contribution < -0.4 is 15.4 Å². The molecule has 3 nitrogen and oxygen atoms in total. The van der Waals surface area contributed by atoms with E-state index < -0.39 is 0 Å². The smallest absolute Gasteiger partial charge is 0.121 e. The SMILES string of the molecule is COc1ccc(N(C)CC2CC(N)C2)cc1C. The lowest BCUT2D eigenvalue weighted by Gasteiger charge is -2.36. The van der Waals surface area contributed by atoms with Crippen molar-refractivity contribution in [2.45, 2.75) is 25.8 Å². The van der Waals surface area contributed by atoms with Crippen LogP contribution in [0.25, 0.3) is 0 Å². The van der Waals surface area contributed by atoms with Crippen molar-refractivity contribution in [1.82, 2.24) is 0 Å². The molecule has 0 saturated heterocycles. The number of anilines is 1. The number of methoxy groups -OCH3 is 1. The Morgan fingerprint density at radius 2 is 2.12 bits per heavy atom. The molecule has 0 bridgehead atoms. The monoisotopic (exact) mass is 234 g/mol. The fraction of sp³-hybridized carbons (Fsp3) is 0.571. The fourth-order valence-corrected chi connectivity index (χ4v) is 2.53. The van der Waals surface area contributed by atoms with Crippen LogP contribution in [0.2, 0.25) is 0 Å². The lowest BCUT2D eigenvalue weighted by Crippen LogP contribution is -2.41. The highest BCUT2D eigenvalue weighted by atomic mass is 16.5. The molecule has 0 amide bonds.